The second kappa shape index (κ2) is 9.57. The third kappa shape index (κ3) is 6.35. The molecule has 1 aliphatic carbocycles. The van der Waals surface area contributed by atoms with Crippen molar-refractivity contribution in [3.05, 3.63) is 35.2 Å². The quantitative estimate of drug-likeness (QED) is 0.669. The topological polar surface area (TPSA) is 62.2 Å². The fourth-order valence-corrected chi connectivity index (χ4v) is 3.76. The van der Waals surface area contributed by atoms with Gasteiger partial charge in [-0.15, -0.1) is 0 Å². The minimum Gasteiger partial charge on any atom is -0.352 e. The summed E-state index contributed by atoms with van der Waals surface area (Å²) in [6, 6.07) is 3.84. The number of fused-ring (bicyclic) bond motifs is 1. The van der Waals surface area contributed by atoms with E-state index in [0.717, 1.165) is 41.9 Å². The van der Waals surface area contributed by atoms with Crippen molar-refractivity contribution in [2.24, 2.45) is 5.41 Å². The van der Waals surface area contributed by atoms with Crippen LogP contribution in [0.5, 0.6) is 0 Å². The van der Waals surface area contributed by atoms with E-state index in [2.05, 4.69) is 37.6 Å². The monoisotopic (exact) mass is 419 g/mol. The molecular weight excluding hydrogens is 386 g/mol. The molecule has 0 saturated heterocycles. The molecule has 3 rings (SSSR count). The van der Waals surface area contributed by atoms with Crippen LogP contribution < -0.4 is 4.90 Å². The van der Waals surface area contributed by atoms with Crippen molar-refractivity contribution in [1.82, 2.24) is 19.9 Å². The number of aryl methyl sites for hydroxylation is 1. The van der Waals surface area contributed by atoms with E-state index < -0.39 is 0 Å². The number of aromatic nitrogens is 3. The molecule has 0 unspecified atom stereocenters. The van der Waals surface area contributed by atoms with Gasteiger partial charge in [0.25, 0.3) is 0 Å². The van der Waals surface area contributed by atoms with Crippen LogP contribution in [-0.2, 0) is 17.6 Å². The van der Waals surface area contributed by atoms with Crippen LogP contribution in [0.4, 0.5) is 5.82 Å². The summed E-state index contributed by atoms with van der Waals surface area (Å²) >= 11 is 0. The molecule has 0 spiro atoms. The predicted molar refractivity (Wildman–Crippen MR) is 125 cm³/mol. The van der Waals surface area contributed by atoms with Crippen LogP contribution in [0.3, 0.4) is 0 Å². The first kappa shape index (κ1) is 22.9. The van der Waals surface area contributed by atoms with Crippen molar-refractivity contribution in [3.63, 3.8) is 0 Å². The van der Waals surface area contributed by atoms with E-state index in [1.54, 1.807) is 6.20 Å². The van der Waals surface area contributed by atoms with E-state index in [1.807, 2.05) is 43.1 Å². The molecule has 6 nitrogen and oxygen atoms in total. The number of hydrogen-bond acceptors (Lipinski definition) is 6. The lowest BCUT2D eigenvalue weighted by molar-refractivity contribution is -0.119. The average molecular weight is 420 g/mol. The van der Waals surface area contributed by atoms with E-state index in [1.165, 1.54) is 0 Å². The van der Waals surface area contributed by atoms with Crippen molar-refractivity contribution >= 4 is 11.6 Å². The minimum absolute atomic E-state index is 0.0192. The van der Waals surface area contributed by atoms with E-state index in [0.29, 0.717) is 31.0 Å². The molecule has 1 aliphatic rings. The fourth-order valence-electron chi connectivity index (χ4n) is 3.76. The smallest absolute Gasteiger partial charge is 0.180 e. The summed E-state index contributed by atoms with van der Waals surface area (Å²) in [5, 5.41) is 0. The lowest BCUT2D eigenvalue weighted by Crippen LogP contribution is -2.30. The van der Waals surface area contributed by atoms with Crippen molar-refractivity contribution in [2.75, 3.05) is 39.1 Å². The first-order valence-electron chi connectivity index (χ1n) is 10.8. The number of carbonyl (C=O) groups excluding carboxylic acids is 1. The number of ketones is 1. The second-order valence-electron chi connectivity index (χ2n) is 9.75. The van der Waals surface area contributed by atoms with E-state index >= 15 is 0 Å². The summed E-state index contributed by atoms with van der Waals surface area (Å²) < 4.78 is 0. The summed E-state index contributed by atoms with van der Waals surface area (Å²) in [6.07, 6.45) is 5.25. The molecule has 2 aromatic rings. The van der Waals surface area contributed by atoms with Gasteiger partial charge in [0.15, 0.2) is 11.6 Å². The maximum atomic E-state index is 12.6. The Morgan fingerprint density at radius 2 is 1.94 bits per heavy atom. The molecule has 2 heterocycles. The average Bonchev–Trinajstić information content (AvgIpc) is 3.14. The van der Waals surface area contributed by atoms with Crippen molar-refractivity contribution in [2.45, 2.75) is 46.5 Å². The van der Waals surface area contributed by atoms with Crippen LogP contribution in [0.1, 0.15) is 50.4 Å². The number of nitrogens with zero attached hydrogens (tertiary/aromatic N) is 5. The lowest BCUT2D eigenvalue weighted by Gasteiger charge is -2.23. The Morgan fingerprint density at radius 3 is 2.65 bits per heavy atom. The third-order valence-electron chi connectivity index (χ3n) is 5.03. The van der Waals surface area contributed by atoms with Crippen LogP contribution in [0.25, 0.3) is 11.5 Å². The highest BCUT2D eigenvalue weighted by molar-refractivity contribution is 5.84. The number of hydrogen-bond donors (Lipinski definition) is 0. The Morgan fingerprint density at radius 1 is 1.16 bits per heavy atom. The first-order valence-corrected chi connectivity index (χ1v) is 10.8. The molecule has 0 aliphatic heterocycles. The molecule has 164 valence electrons. The van der Waals surface area contributed by atoms with Gasteiger partial charge in [0.1, 0.15) is 11.5 Å². The Hall–Kier alpha value is -2.78. The summed E-state index contributed by atoms with van der Waals surface area (Å²) in [7, 11) is 5.94. The van der Waals surface area contributed by atoms with E-state index in [-0.39, 0.29) is 11.2 Å². The SMILES string of the molecule is CN(C)CC#Cc1ccnc(-c2nc3c(c(N(C)CC(=O)CC(C)(C)C)n2)CCC3)c1. The number of likely N-dealkylation sites (N-methyl/N-ethyl adjacent to an activating group) is 1. The molecule has 0 radical (unpaired) electrons. The highest BCUT2D eigenvalue weighted by Gasteiger charge is 2.24. The predicted octanol–water partition coefficient (Wildman–Crippen LogP) is 3.38. The highest BCUT2D eigenvalue weighted by atomic mass is 16.1. The molecule has 2 aromatic heterocycles. The zero-order valence-corrected chi connectivity index (χ0v) is 19.6. The second-order valence-corrected chi connectivity index (χ2v) is 9.75. The molecule has 6 heteroatoms. The molecule has 0 N–H and O–H groups in total. The molecule has 0 bridgehead atoms. The molecule has 0 aromatic carbocycles. The highest BCUT2D eigenvalue weighted by Crippen LogP contribution is 2.31. The van der Waals surface area contributed by atoms with Gasteiger partial charge in [-0.1, -0.05) is 32.6 Å². The number of carbonyl (C=O) groups is 1. The van der Waals surface area contributed by atoms with Gasteiger partial charge in [0, 0.05) is 36.5 Å². The van der Waals surface area contributed by atoms with Gasteiger partial charge in [-0.3, -0.25) is 14.7 Å². The standard InChI is InChI=1S/C25H33N5O/c1-25(2,3)16-19(31)17-30(6)24-20-10-7-11-21(20)27-23(28-24)22-15-18(12-13-26-22)9-8-14-29(4)5/h12-13,15H,7,10-11,14,16-17H2,1-6H3. The number of pyridine rings is 1. The zero-order valence-electron chi connectivity index (χ0n) is 19.6. The van der Waals surface area contributed by atoms with Gasteiger partial charge >= 0.3 is 0 Å². The molecule has 31 heavy (non-hydrogen) atoms. The van der Waals surface area contributed by atoms with Gasteiger partial charge in [0.2, 0.25) is 0 Å². The molecule has 0 amide bonds. The van der Waals surface area contributed by atoms with E-state index in [9.17, 15) is 4.79 Å². The summed E-state index contributed by atoms with van der Waals surface area (Å²) in [5.41, 5.74) is 3.82. The van der Waals surface area contributed by atoms with Gasteiger partial charge in [0.05, 0.1) is 13.1 Å². The van der Waals surface area contributed by atoms with Crippen LogP contribution in [0.15, 0.2) is 18.3 Å². The zero-order chi connectivity index (χ0) is 22.6. The lowest BCUT2D eigenvalue weighted by atomic mass is 9.90. The Bertz CT molecular complexity index is 1010. The maximum Gasteiger partial charge on any atom is 0.180 e. The number of rotatable bonds is 6. The maximum absolute atomic E-state index is 12.6. The minimum atomic E-state index is -0.0192. The van der Waals surface area contributed by atoms with Crippen molar-refractivity contribution in [1.29, 1.82) is 0 Å². The van der Waals surface area contributed by atoms with E-state index in [4.69, 9.17) is 9.97 Å². The van der Waals surface area contributed by atoms with Crippen LogP contribution in [-0.4, -0.2) is 59.9 Å². The molecule has 0 fully saturated rings. The van der Waals surface area contributed by atoms with Crippen molar-refractivity contribution < 1.29 is 4.79 Å². The van der Waals surface area contributed by atoms with Gasteiger partial charge in [-0.05, 0) is 50.9 Å². The molecule has 0 atom stereocenters. The van der Waals surface area contributed by atoms with Crippen LogP contribution in [0, 0.1) is 17.3 Å². The largest absolute Gasteiger partial charge is 0.352 e. The van der Waals surface area contributed by atoms with Crippen LogP contribution in [0.2, 0.25) is 0 Å². The van der Waals surface area contributed by atoms with Gasteiger partial charge in [-0.25, -0.2) is 9.97 Å². The first-order chi connectivity index (χ1) is 14.6. The molecule has 0 saturated carbocycles. The normalized spacial score (nSPS) is 13.0. The van der Waals surface area contributed by atoms with Gasteiger partial charge < -0.3 is 4.90 Å². The van der Waals surface area contributed by atoms with Crippen molar-refractivity contribution in [3.8, 4) is 23.4 Å². The van der Waals surface area contributed by atoms with Gasteiger partial charge in [-0.2, -0.15) is 0 Å². The third-order valence-corrected chi connectivity index (χ3v) is 5.03. The Kier molecular flexibility index (Phi) is 7.07. The fraction of sp³-hybridized carbons (Fsp3) is 0.520. The summed E-state index contributed by atoms with van der Waals surface area (Å²) in [5.74, 6) is 8.01. The summed E-state index contributed by atoms with van der Waals surface area (Å²) in [4.78, 5) is 30.8. The van der Waals surface area contributed by atoms with Crippen LogP contribution >= 0.6 is 0 Å². The molecular formula is C25H33N5O. The Balaban J connectivity index is 1.90. The summed E-state index contributed by atoms with van der Waals surface area (Å²) in [6.45, 7) is 7.32. The number of Topliss-reactive ketones (excluding diaryl/α,β-unsaturated/α-hetero) is 1. The Labute approximate surface area is 186 Å². The number of anilines is 1.